The molecule has 1 amide bonds. The molecular formula is C21H26ClN3O2. The van der Waals surface area contributed by atoms with Gasteiger partial charge in [0.1, 0.15) is 0 Å². The maximum Gasteiger partial charge on any atom is 0.223 e. The highest BCUT2D eigenvalue weighted by molar-refractivity contribution is 5.99. The fraction of sp³-hybridized carbons (Fsp3) is 0.381. The average molecular weight is 388 g/mol. The summed E-state index contributed by atoms with van der Waals surface area (Å²) in [5, 5.41) is 3.33. The molecule has 1 aliphatic rings. The lowest BCUT2D eigenvalue weighted by Gasteiger charge is -2.36. The summed E-state index contributed by atoms with van der Waals surface area (Å²) in [6, 6.07) is 9.71. The van der Waals surface area contributed by atoms with E-state index >= 15 is 0 Å². The zero-order chi connectivity index (χ0) is 18.5. The van der Waals surface area contributed by atoms with Crippen LogP contribution in [-0.4, -0.2) is 41.2 Å². The van der Waals surface area contributed by atoms with E-state index in [1.54, 1.807) is 12.4 Å². The molecule has 1 fully saturated rings. The van der Waals surface area contributed by atoms with E-state index in [-0.39, 0.29) is 43.0 Å². The van der Waals surface area contributed by atoms with Crippen LogP contribution < -0.4 is 5.32 Å². The van der Waals surface area contributed by atoms with Gasteiger partial charge in [0.15, 0.2) is 5.78 Å². The summed E-state index contributed by atoms with van der Waals surface area (Å²) in [6.45, 7) is 6.04. The lowest BCUT2D eigenvalue weighted by molar-refractivity contribution is -0.134. The van der Waals surface area contributed by atoms with Crippen molar-refractivity contribution in [2.75, 3.05) is 19.6 Å². The molecule has 144 valence electrons. The van der Waals surface area contributed by atoms with Gasteiger partial charge in [-0.1, -0.05) is 23.8 Å². The normalized spacial score (nSPS) is 16.5. The summed E-state index contributed by atoms with van der Waals surface area (Å²) in [7, 11) is 0. The molecular weight excluding hydrogens is 362 g/mol. The molecule has 1 aromatic carbocycles. The van der Waals surface area contributed by atoms with Crippen LogP contribution in [0.1, 0.15) is 45.9 Å². The van der Waals surface area contributed by atoms with Crippen molar-refractivity contribution in [1.82, 2.24) is 15.2 Å². The Morgan fingerprint density at radius 2 is 2.04 bits per heavy atom. The minimum atomic E-state index is -0.0271. The van der Waals surface area contributed by atoms with Gasteiger partial charge in [-0.2, -0.15) is 0 Å². The Kier molecular flexibility index (Phi) is 7.51. The number of hydrogen-bond donors (Lipinski definition) is 1. The minimum Gasteiger partial charge on any atom is -0.333 e. The van der Waals surface area contributed by atoms with Crippen molar-refractivity contribution in [2.45, 2.75) is 32.7 Å². The summed E-state index contributed by atoms with van der Waals surface area (Å²) >= 11 is 0. The van der Waals surface area contributed by atoms with Crippen molar-refractivity contribution < 1.29 is 9.59 Å². The second-order valence-corrected chi connectivity index (χ2v) is 6.83. The molecule has 2 heterocycles. The highest BCUT2D eigenvalue weighted by Crippen LogP contribution is 2.23. The first-order valence-corrected chi connectivity index (χ1v) is 9.07. The van der Waals surface area contributed by atoms with Crippen molar-refractivity contribution in [3.63, 3.8) is 0 Å². The Labute approximate surface area is 166 Å². The van der Waals surface area contributed by atoms with Crippen LogP contribution in [0.2, 0.25) is 0 Å². The first-order chi connectivity index (χ1) is 12.6. The Morgan fingerprint density at radius 3 is 2.78 bits per heavy atom. The van der Waals surface area contributed by atoms with E-state index in [9.17, 15) is 9.59 Å². The molecule has 0 radical (unpaired) electrons. The number of carbonyl (C=O) groups is 2. The van der Waals surface area contributed by atoms with Crippen molar-refractivity contribution >= 4 is 24.1 Å². The molecule has 0 spiro atoms. The molecule has 27 heavy (non-hydrogen) atoms. The zero-order valence-corrected chi connectivity index (χ0v) is 16.6. The van der Waals surface area contributed by atoms with E-state index in [1.807, 2.05) is 49.1 Å². The number of aryl methyl sites for hydroxylation is 2. The van der Waals surface area contributed by atoms with Crippen molar-refractivity contribution in [1.29, 1.82) is 0 Å². The molecule has 1 aromatic heterocycles. The first-order valence-electron chi connectivity index (χ1n) is 9.07. The van der Waals surface area contributed by atoms with Gasteiger partial charge in [-0.05, 0) is 37.1 Å². The SMILES string of the molecule is Cc1ccc(C)c(C(=O)CCC(=O)N2CCNCC2c2cccnc2)c1.Cl. The van der Waals surface area contributed by atoms with Crippen LogP contribution in [0.25, 0.3) is 0 Å². The highest BCUT2D eigenvalue weighted by atomic mass is 35.5. The molecule has 0 saturated carbocycles. The molecule has 0 aliphatic carbocycles. The summed E-state index contributed by atoms with van der Waals surface area (Å²) in [5.41, 5.74) is 3.77. The van der Waals surface area contributed by atoms with E-state index in [0.29, 0.717) is 13.1 Å². The maximum absolute atomic E-state index is 12.8. The van der Waals surface area contributed by atoms with Gasteiger partial charge < -0.3 is 10.2 Å². The fourth-order valence-corrected chi connectivity index (χ4v) is 3.41. The number of Topliss-reactive ketones (excluding diaryl/α,β-unsaturated/α-hetero) is 1. The maximum atomic E-state index is 12.8. The number of nitrogens with zero attached hydrogens (tertiary/aromatic N) is 2. The van der Waals surface area contributed by atoms with E-state index < -0.39 is 0 Å². The van der Waals surface area contributed by atoms with Crippen LogP contribution in [0.3, 0.4) is 0 Å². The lowest BCUT2D eigenvalue weighted by Crippen LogP contribution is -2.48. The fourth-order valence-electron chi connectivity index (χ4n) is 3.41. The van der Waals surface area contributed by atoms with Crippen LogP contribution in [0, 0.1) is 13.8 Å². The zero-order valence-electron chi connectivity index (χ0n) is 15.8. The van der Waals surface area contributed by atoms with Crippen molar-refractivity contribution in [3.05, 3.63) is 65.0 Å². The van der Waals surface area contributed by atoms with Gasteiger partial charge in [-0.15, -0.1) is 12.4 Å². The van der Waals surface area contributed by atoms with Crippen LogP contribution in [0.4, 0.5) is 0 Å². The summed E-state index contributed by atoms with van der Waals surface area (Å²) in [5.74, 6) is 0.0617. The van der Waals surface area contributed by atoms with E-state index in [1.165, 1.54) is 0 Å². The van der Waals surface area contributed by atoms with Gasteiger partial charge in [-0.25, -0.2) is 0 Å². The standard InChI is InChI=1S/C21H25N3O2.ClH/c1-15-5-6-16(2)18(12-15)20(25)7-8-21(26)24-11-10-23-14-19(24)17-4-3-9-22-13-17;/h3-6,9,12-13,19,23H,7-8,10-11,14H2,1-2H3;1H. The second kappa shape index (κ2) is 9.62. The second-order valence-electron chi connectivity index (χ2n) is 6.83. The molecule has 1 aliphatic heterocycles. The quantitative estimate of drug-likeness (QED) is 0.800. The molecule has 1 N–H and O–H groups in total. The minimum absolute atomic E-state index is 0. The number of piperazine rings is 1. The van der Waals surface area contributed by atoms with Gasteiger partial charge in [0.25, 0.3) is 0 Å². The average Bonchev–Trinajstić information content (AvgIpc) is 2.68. The van der Waals surface area contributed by atoms with Crippen LogP contribution in [0.15, 0.2) is 42.7 Å². The molecule has 5 nitrogen and oxygen atoms in total. The van der Waals surface area contributed by atoms with Crippen LogP contribution in [0.5, 0.6) is 0 Å². The molecule has 2 aromatic rings. The monoisotopic (exact) mass is 387 g/mol. The highest BCUT2D eigenvalue weighted by Gasteiger charge is 2.28. The van der Waals surface area contributed by atoms with Gasteiger partial charge in [0.05, 0.1) is 6.04 Å². The van der Waals surface area contributed by atoms with Crippen LogP contribution >= 0.6 is 12.4 Å². The molecule has 1 saturated heterocycles. The number of ketones is 1. The number of rotatable bonds is 5. The molecule has 6 heteroatoms. The Balaban J connectivity index is 0.00000261. The van der Waals surface area contributed by atoms with Gasteiger partial charge in [-0.3, -0.25) is 14.6 Å². The van der Waals surface area contributed by atoms with Crippen molar-refractivity contribution in [2.24, 2.45) is 0 Å². The third-order valence-electron chi connectivity index (χ3n) is 4.89. The third-order valence-corrected chi connectivity index (χ3v) is 4.89. The first kappa shape index (κ1) is 21.1. The summed E-state index contributed by atoms with van der Waals surface area (Å²) < 4.78 is 0. The topological polar surface area (TPSA) is 62.3 Å². The number of halogens is 1. The number of carbonyl (C=O) groups excluding carboxylic acids is 2. The van der Waals surface area contributed by atoms with E-state index in [0.717, 1.165) is 28.8 Å². The molecule has 1 unspecified atom stereocenters. The number of amides is 1. The number of benzene rings is 1. The predicted octanol–water partition coefficient (Wildman–Crippen LogP) is 3.26. The smallest absolute Gasteiger partial charge is 0.223 e. The molecule has 0 bridgehead atoms. The number of aromatic nitrogens is 1. The lowest BCUT2D eigenvalue weighted by atomic mass is 9.98. The number of nitrogens with one attached hydrogen (secondary N) is 1. The number of pyridine rings is 1. The Hall–Kier alpha value is -2.24. The molecule has 1 atom stereocenters. The summed E-state index contributed by atoms with van der Waals surface area (Å²) in [4.78, 5) is 31.4. The number of hydrogen-bond acceptors (Lipinski definition) is 4. The van der Waals surface area contributed by atoms with Gasteiger partial charge in [0.2, 0.25) is 5.91 Å². The predicted molar refractivity (Wildman–Crippen MR) is 108 cm³/mol. The van der Waals surface area contributed by atoms with E-state index in [4.69, 9.17) is 0 Å². The Bertz CT molecular complexity index is 795. The Morgan fingerprint density at radius 1 is 1.22 bits per heavy atom. The van der Waals surface area contributed by atoms with Gasteiger partial charge >= 0.3 is 0 Å². The third kappa shape index (κ3) is 5.15. The van der Waals surface area contributed by atoms with Crippen LogP contribution in [-0.2, 0) is 4.79 Å². The van der Waals surface area contributed by atoms with Crippen molar-refractivity contribution in [3.8, 4) is 0 Å². The van der Waals surface area contributed by atoms with E-state index in [2.05, 4.69) is 10.3 Å². The summed E-state index contributed by atoms with van der Waals surface area (Å²) in [6.07, 6.45) is 4.02. The molecule has 3 rings (SSSR count). The van der Waals surface area contributed by atoms with Gasteiger partial charge in [0, 0.05) is 50.4 Å². The largest absolute Gasteiger partial charge is 0.333 e.